The van der Waals surface area contributed by atoms with E-state index in [2.05, 4.69) is 58.5 Å². The monoisotopic (exact) mass is 471 g/mol. The molecule has 3 aromatic rings. The van der Waals surface area contributed by atoms with Gasteiger partial charge in [-0.15, -0.1) is 0 Å². The lowest BCUT2D eigenvalue weighted by Crippen LogP contribution is -2.31. The molecular formula is C28H33N5O2. The van der Waals surface area contributed by atoms with Gasteiger partial charge in [0, 0.05) is 41.8 Å². The second-order valence-corrected chi connectivity index (χ2v) is 9.01. The SMILES string of the molecule is CCOC(=O)c1cc(-c2ccc(N3CCC(N(C)C)C3)cc2)c(C(C)=N)c(Nc2ccccc2)n1. The number of benzene rings is 2. The molecule has 1 aliphatic heterocycles. The van der Waals surface area contributed by atoms with E-state index in [1.807, 2.05) is 30.3 Å². The quantitative estimate of drug-likeness (QED) is 0.347. The molecule has 0 bridgehead atoms. The van der Waals surface area contributed by atoms with E-state index in [1.165, 1.54) is 5.69 Å². The van der Waals surface area contributed by atoms with Gasteiger partial charge in [0.15, 0.2) is 5.69 Å². The molecule has 2 aromatic carbocycles. The number of carbonyl (C=O) groups excluding carboxylic acids is 1. The molecule has 0 aliphatic carbocycles. The zero-order chi connectivity index (χ0) is 24.9. The first-order valence-electron chi connectivity index (χ1n) is 12.0. The average Bonchev–Trinajstić information content (AvgIpc) is 3.35. The van der Waals surface area contributed by atoms with Gasteiger partial charge in [0.1, 0.15) is 5.82 Å². The van der Waals surface area contributed by atoms with E-state index < -0.39 is 5.97 Å². The first-order chi connectivity index (χ1) is 16.9. The van der Waals surface area contributed by atoms with Gasteiger partial charge in [0.25, 0.3) is 0 Å². The van der Waals surface area contributed by atoms with Gasteiger partial charge in [0.05, 0.1) is 6.61 Å². The first kappa shape index (κ1) is 24.4. The molecule has 1 aliphatic rings. The number of carbonyl (C=O) groups is 1. The van der Waals surface area contributed by atoms with Crippen LogP contribution >= 0.6 is 0 Å². The van der Waals surface area contributed by atoms with Crippen LogP contribution in [0.25, 0.3) is 11.1 Å². The van der Waals surface area contributed by atoms with Crippen molar-refractivity contribution in [1.82, 2.24) is 9.88 Å². The van der Waals surface area contributed by atoms with Crippen molar-refractivity contribution in [3.63, 3.8) is 0 Å². The predicted octanol–water partition coefficient (Wildman–Crippen LogP) is 5.20. The Morgan fingerprint density at radius 2 is 1.89 bits per heavy atom. The van der Waals surface area contributed by atoms with Crippen molar-refractivity contribution >= 4 is 28.9 Å². The highest BCUT2D eigenvalue weighted by Gasteiger charge is 2.25. The Morgan fingerprint density at radius 1 is 1.17 bits per heavy atom. The van der Waals surface area contributed by atoms with Crippen molar-refractivity contribution in [3.8, 4) is 11.1 Å². The Kier molecular flexibility index (Phi) is 7.46. The fourth-order valence-corrected chi connectivity index (χ4v) is 4.46. The number of ether oxygens (including phenoxy) is 1. The molecule has 182 valence electrons. The number of hydrogen-bond donors (Lipinski definition) is 2. The molecule has 1 aromatic heterocycles. The van der Waals surface area contributed by atoms with Crippen LogP contribution in [0.3, 0.4) is 0 Å². The van der Waals surface area contributed by atoms with Crippen LogP contribution in [-0.2, 0) is 4.74 Å². The second-order valence-electron chi connectivity index (χ2n) is 9.01. The lowest BCUT2D eigenvalue weighted by Gasteiger charge is -2.22. The number of nitrogens with zero attached hydrogens (tertiary/aromatic N) is 3. The maximum Gasteiger partial charge on any atom is 0.357 e. The number of rotatable bonds is 8. The van der Waals surface area contributed by atoms with Crippen molar-refractivity contribution in [2.75, 3.05) is 44.0 Å². The van der Waals surface area contributed by atoms with Crippen LogP contribution in [0.15, 0.2) is 60.7 Å². The van der Waals surface area contributed by atoms with Gasteiger partial charge >= 0.3 is 5.97 Å². The summed E-state index contributed by atoms with van der Waals surface area (Å²) in [7, 11) is 4.26. The van der Waals surface area contributed by atoms with Crippen LogP contribution in [0.4, 0.5) is 17.2 Å². The molecule has 1 fully saturated rings. The molecule has 7 nitrogen and oxygen atoms in total. The Labute approximate surface area is 207 Å². The maximum atomic E-state index is 12.7. The van der Waals surface area contributed by atoms with Crippen LogP contribution in [0.5, 0.6) is 0 Å². The van der Waals surface area contributed by atoms with E-state index in [0.29, 0.717) is 23.1 Å². The highest BCUT2D eigenvalue weighted by Crippen LogP contribution is 2.33. The number of anilines is 3. The summed E-state index contributed by atoms with van der Waals surface area (Å²) in [6.45, 7) is 5.81. The van der Waals surface area contributed by atoms with Gasteiger partial charge in [0.2, 0.25) is 0 Å². The van der Waals surface area contributed by atoms with E-state index in [-0.39, 0.29) is 12.3 Å². The van der Waals surface area contributed by atoms with E-state index >= 15 is 0 Å². The van der Waals surface area contributed by atoms with Crippen molar-refractivity contribution < 1.29 is 9.53 Å². The molecule has 35 heavy (non-hydrogen) atoms. The third-order valence-corrected chi connectivity index (χ3v) is 6.35. The smallest absolute Gasteiger partial charge is 0.357 e. The van der Waals surface area contributed by atoms with Crippen LogP contribution in [-0.4, -0.2) is 61.4 Å². The topological polar surface area (TPSA) is 81.5 Å². The van der Waals surface area contributed by atoms with Gasteiger partial charge in [-0.25, -0.2) is 9.78 Å². The summed E-state index contributed by atoms with van der Waals surface area (Å²) in [6.07, 6.45) is 1.15. The van der Waals surface area contributed by atoms with Crippen LogP contribution in [0.1, 0.15) is 36.3 Å². The number of nitrogens with one attached hydrogen (secondary N) is 2. The zero-order valence-corrected chi connectivity index (χ0v) is 20.8. The molecule has 1 saturated heterocycles. The van der Waals surface area contributed by atoms with Gasteiger partial charge < -0.3 is 25.3 Å². The molecule has 7 heteroatoms. The standard InChI is InChI=1S/C28H33N5O2/c1-5-35-28(34)25-17-24(26(19(2)29)27(31-25)30-21-9-7-6-8-10-21)20-11-13-22(14-12-20)33-16-15-23(18-33)32(3)4/h6-14,17,23,29H,5,15-16,18H2,1-4H3,(H,30,31). The van der Waals surface area contributed by atoms with Gasteiger partial charge in [-0.05, 0) is 75.8 Å². The molecule has 1 atom stereocenters. The van der Waals surface area contributed by atoms with E-state index in [1.54, 1.807) is 19.9 Å². The minimum atomic E-state index is -0.484. The summed E-state index contributed by atoms with van der Waals surface area (Å²) in [4.78, 5) is 21.9. The predicted molar refractivity (Wildman–Crippen MR) is 142 cm³/mol. The molecule has 0 radical (unpaired) electrons. The first-order valence-corrected chi connectivity index (χ1v) is 12.0. The molecule has 2 heterocycles. The average molecular weight is 472 g/mol. The van der Waals surface area contributed by atoms with Crippen molar-refractivity contribution in [2.45, 2.75) is 26.3 Å². The normalized spacial score (nSPS) is 15.3. The Hall–Kier alpha value is -3.71. The lowest BCUT2D eigenvalue weighted by atomic mass is 9.96. The lowest BCUT2D eigenvalue weighted by molar-refractivity contribution is 0.0519. The Bertz CT molecular complexity index is 1190. The van der Waals surface area contributed by atoms with Crippen molar-refractivity contribution in [3.05, 3.63) is 71.9 Å². The Balaban J connectivity index is 1.75. The van der Waals surface area contributed by atoms with Crippen LogP contribution in [0.2, 0.25) is 0 Å². The summed E-state index contributed by atoms with van der Waals surface area (Å²) in [5.41, 5.74) is 4.92. The highest BCUT2D eigenvalue weighted by atomic mass is 16.5. The zero-order valence-electron chi connectivity index (χ0n) is 20.8. The van der Waals surface area contributed by atoms with E-state index in [9.17, 15) is 4.79 Å². The number of aromatic nitrogens is 1. The number of hydrogen-bond acceptors (Lipinski definition) is 7. The van der Waals surface area contributed by atoms with Gasteiger partial charge in [-0.2, -0.15) is 0 Å². The second kappa shape index (κ2) is 10.7. The minimum Gasteiger partial charge on any atom is -0.461 e. The van der Waals surface area contributed by atoms with Crippen LogP contribution in [0, 0.1) is 5.41 Å². The van der Waals surface area contributed by atoms with Crippen LogP contribution < -0.4 is 10.2 Å². The minimum absolute atomic E-state index is 0.211. The highest BCUT2D eigenvalue weighted by molar-refractivity contribution is 6.08. The molecule has 0 amide bonds. The molecule has 1 unspecified atom stereocenters. The maximum absolute atomic E-state index is 12.7. The van der Waals surface area contributed by atoms with Gasteiger partial charge in [-0.3, -0.25) is 0 Å². The number of pyridine rings is 1. The third-order valence-electron chi connectivity index (χ3n) is 6.35. The molecule has 0 saturated carbocycles. The van der Waals surface area contributed by atoms with E-state index in [4.69, 9.17) is 10.1 Å². The molecule has 0 spiro atoms. The van der Waals surface area contributed by atoms with Crippen molar-refractivity contribution in [1.29, 1.82) is 5.41 Å². The largest absolute Gasteiger partial charge is 0.461 e. The Morgan fingerprint density at radius 3 is 2.49 bits per heavy atom. The molecular weight excluding hydrogens is 438 g/mol. The summed E-state index contributed by atoms with van der Waals surface area (Å²) in [5, 5.41) is 11.8. The van der Waals surface area contributed by atoms with Gasteiger partial charge in [-0.1, -0.05) is 30.3 Å². The fraction of sp³-hybridized carbons (Fsp3) is 0.321. The summed E-state index contributed by atoms with van der Waals surface area (Å²) >= 11 is 0. The molecule has 2 N–H and O–H groups in total. The summed E-state index contributed by atoms with van der Waals surface area (Å²) in [6, 6.07) is 20.3. The van der Waals surface area contributed by atoms with Crippen molar-refractivity contribution in [2.24, 2.45) is 0 Å². The fourth-order valence-electron chi connectivity index (χ4n) is 4.46. The number of esters is 1. The summed E-state index contributed by atoms with van der Waals surface area (Å²) < 4.78 is 5.25. The number of likely N-dealkylation sites (N-methyl/N-ethyl adjacent to an activating group) is 1. The van der Waals surface area contributed by atoms with E-state index in [0.717, 1.165) is 36.3 Å². The summed E-state index contributed by atoms with van der Waals surface area (Å²) in [5.74, 6) is -0.0239. The molecule has 4 rings (SSSR count). The number of para-hydroxylation sites is 1. The third kappa shape index (κ3) is 5.52.